The van der Waals surface area contributed by atoms with E-state index in [4.69, 9.17) is 19.0 Å². The number of rotatable bonds is 3. The molecule has 0 amide bonds. The van der Waals surface area contributed by atoms with Crippen LogP contribution in [0, 0.1) is 0 Å². The fraction of sp³-hybridized carbons (Fsp3) is 1.00. The van der Waals surface area contributed by atoms with Crippen LogP contribution in [-0.4, -0.2) is 71.1 Å². The normalized spacial score (nSPS) is 45.9. The quantitative estimate of drug-likeness (QED) is 0.543. The molecule has 0 spiro atoms. The first-order valence-corrected chi connectivity index (χ1v) is 5.20. The monoisotopic (exact) mass is 215 g/mol. The van der Waals surface area contributed by atoms with Crippen LogP contribution in [0.4, 0.5) is 0 Å². The molecule has 2 bridgehead atoms. The molecule has 2 saturated heterocycles. The number of fused-ring (bicyclic) bond motifs is 2. The summed E-state index contributed by atoms with van der Waals surface area (Å²) in [5, 5.41) is 1.81. The summed E-state index contributed by atoms with van der Waals surface area (Å²) in [4.78, 5) is 5.69. The van der Waals surface area contributed by atoms with Crippen LogP contribution in [0.2, 0.25) is 0 Å². The molecule has 0 aromatic heterocycles. The van der Waals surface area contributed by atoms with E-state index < -0.39 is 0 Å². The van der Waals surface area contributed by atoms with Crippen molar-refractivity contribution in [2.24, 2.45) is 0 Å². The lowest BCUT2D eigenvalue weighted by molar-refractivity contribution is -0.261. The molecule has 2 rings (SSSR count). The molecule has 4 atom stereocenters. The molecule has 2 heterocycles. The first-order valence-electron chi connectivity index (χ1n) is 5.20. The minimum absolute atomic E-state index is 0.0371. The van der Waals surface area contributed by atoms with Gasteiger partial charge in [-0.15, -0.1) is 0 Å². The molecule has 0 aromatic rings. The summed E-state index contributed by atoms with van der Waals surface area (Å²) in [5.74, 6) is 0. The van der Waals surface area contributed by atoms with Gasteiger partial charge in [0.15, 0.2) is 0 Å². The van der Waals surface area contributed by atoms with Crippen molar-refractivity contribution in [1.29, 1.82) is 0 Å². The standard InChI is InChI=1S/C9H18BNO4/c1-11-4-9(5-12-2)7(13-3)6(15-11)8(10)14-9/h6-8H,4-5,10H2,1-3H3. The zero-order valence-corrected chi connectivity index (χ0v) is 9.73. The van der Waals surface area contributed by atoms with Crippen molar-refractivity contribution in [2.75, 3.05) is 34.4 Å². The average Bonchev–Trinajstić information content (AvgIpc) is 2.32. The number of hydrogen-bond donors (Lipinski definition) is 0. The molecule has 86 valence electrons. The summed E-state index contributed by atoms with van der Waals surface area (Å²) in [6, 6.07) is 0.0371. The van der Waals surface area contributed by atoms with Crippen LogP contribution in [0.3, 0.4) is 0 Å². The predicted molar refractivity (Wildman–Crippen MR) is 56.3 cm³/mol. The van der Waals surface area contributed by atoms with E-state index in [2.05, 4.69) is 0 Å². The highest BCUT2D eigenvalue weighted by Crippen LogP contribution is 2.38. The van der Waals surface area contributed by atoms with Crippen LogP contribution < -0.4 is 0 Å². The highest BCUT2D eigenvalue weighted by molar-refractivity contribution is 6.11. The lowest BCUT2D eigenvalue weighted by Crippen LogP contribution is -2.59. The Bertz CT molecular complexity index is 238. The van der Waals surface area contributed by atoms with Gasteiger partial charge in [0, 0.05) is 21.3 Å². The molecule has 4 unspecified atom stereocenters. The Morgan fingerprint density at radius 3 is 2.87 bits per heavy atom. The zero-order valence-electron chi connectivity index (χ0n) is 9.73. The number of hydroxylamine groups is 2. The average molecular weight is 215 g/mol. The zero-order chi connectivity index (χ0) is 11.1. The minimum atomic E-state index is -0.388. The van der Waals surface area contributed by atoms with Crippen molar-refractivity contribution in [1.82, 2.24) is 5.06 Å². The molecule has 0 radical (unpaired) electrons. The Balaban J connectivity index is 2.24. The van der Waals surface area contributed by atoms with E-state index in [9.17, 15) is 0 Å². The Morgan fingerprint density at radius 1 is 1.53 bits per heavy atom. The Labute approximate surface area is 91.0 Å². The molecule has 5 nitrogen and oxygen atoms in total. The molecular formula is C9H18BNO4. The van der Waals surface area contributed by atoms with Gasteiger partial charge in [-0.05, 0) is 0 Å². The molecular weight excluding hydrogens is 197 g/mol. The first-order chi connectivity index (χ1) is 7.13. The smallest absolute Gasteiger partial charge is 0.142 e. The van der Waals surface area contributed by atoms with Gasteiger partial charge in [-0.25, -0.2) is 0 Å². The summed E-state index contributed by atoms with van der Waals surface area (Å²) in [6.07, 6.45) is -0.0902. The summed E-state index contributed by atoms with van der Waals surface area (Å²) < 4.78 is 16.7. The largest absolute Gasteiger partial charge is 0.382 e. The van der Waals surface area contributed by atoms with E-state index >= 15 is 0 Å². The van der Waals surface area contributed by atoms with E-state index in [1.54, 1.807) is 14.2 Å². The number of likely N-dealkylation sites (N-methyl/N-ethyl adjacent to an activating group) is 1. The molecule has 2 aliphatic rings. The van der Waals surface area contributed by atoms with E-state index in [0.29, 0.717) is 13.2 Å². The fourth-order valence-corrected chi connectivity index (χ4v) is 2.70. The van der Waals surface area contributed by atoms with Gasteiger partial charge in [-0.3, -0.25) is 4.84 Å². The summed E-state index contributed by atoms with van der Waals surface area (Å²) >= 11 is 0. The van der Waals surface area contributed by atoms with Gasteiger partial charge in [-0.1, -0.05) is 0 Å². The highest BCUT2D eigenvalue weighted by atomic mass is 16.7. The lowest BCUT2D eigenvalue weighted by Gasteiger charge is -2.41. The van der Waals surface area contributed by atoms with Gasteiger partial charge in [0.1, 0.15) is 25.7 Å². The SMILES string of the molecule is BC1OC2(COC)CN(C)OC1C2OC. The summed E-state index contributed by atoms with van der Waals surface area (Å²) in [5.41, 5.74) is -0.388. The van der Waals surface area contributed by atoms with Crippen LogP contribution in [-0.2, 0) is 19.0 Å². The maximum Gasteiger partial charge on any atom is 0.142 e. The van der Waals surface area contributed by atoms with Gasteiger partial charge >= 0.3 is 0 Å². The molecule has 2 fully saturated rings. The third-order valence-corrected chi connectivity index (χ3v) is 3.13. The molecule has 2 aliphatic heterocycles. The topological polar surface area (TPSA) is 40.2 Å². The summed E-state index contributed by atoms with van der Waals surface area (Å²) in [6.45, 7) is 1.19. The third kappa shape index (κ3) is 1.70. The van der Waals surface area contributed by atoms with Crippen LogP contribution >= 0.6 is 0 Å². The maximum absolute atomic E-state index is 5.97. The van der Waals surface area contributed by atoms with Gasteiger partial charge in [0.25, 0.3) is 0 Å². The van der Waals surface area contributed by atoms with Gasteiger partial charge in [0.2, 0.25) is 0 Å². The van der Waals surface area contributed by atoms with Crippen molar-refractivity contribution < 1.29 is 19.0 Å². The van der Waals surface area contributed by atoms with Crippen LogP contribution in [0.15, 0.2) is 0 Å². The van der Waals surface area contributed by atoms with Crippen LogP contribution in [0.5, 0.6) is 0 Å². The van der Waals surface area contributed by atoms with Crippen LogP contribution in [0.1, 0.15) is 0 Å². The Morgan fingerprint density at radius 2 is 2.27 bits per heavy atom. The molecule has 15 heavy (non-hydrogen) atoms. The molecule has 0 N–H and O–H groups in total. The number of ether oxygens (including phenoxy) is 3. The second-order valence-electron chi connectivity index (χ2n) is 4.33. The molecule has 6 heteroatoms. The van der Waals surface area contributed by atoms with Crippen molar-refractivity contribution >= 4 is 7.85 Å². The molecule has 0 saturated carbocycles. The lowest BCUT2D eigenvalue weighted by atomic mass is 9.88. The van der Waals surface area contributed by atoms with E-state index in [-0.39, 0.29) is 23.8 Å². The molecule has 0 aromatic carbocycles. The number of methoxy groups -OCH3 is 2. The van der Waals surface area contributed by atoms with Crippen molar-refractivity contribution in [3.8, 4) is 0 Å². The highest BCUT2D eigenvalue weighted by Gasteiger charge is 2.59. The second kappa shape index (κ2) is 4.03. The number of hydrogen-bond acceptors (Lipinski definition) is 5. The van der Waals surface area contributed by atoms with E-state index in [0.717, 1.165) is 0 Å². The van der Waals surface area contributed by atoms with E-state index in [1.165, 1.54) is 0 Å². The van der Waals surface area contributed by atoms with Gasteiger partial charge in [0.05, 0.1) is 19.2 Å². The molecule has 0 aliphatic carbocycles. The Kier molecular flexibility index (Phi) is 3.05. The number of nitrogens with zero attached hydrogens (tertiary/aromatic N) is 1. The fourth-order valence-electron chi connectivity index (χ4n) is 2.70. The minimum Gasteiger partial charge on any atom is -0.382 e. The van der Waals surface area contributed by atoms with Crippen LogP contribution in [0.25, 0.3) is 0 Å². The van der Waals surface area contributed by atoms with Crippen molar-refractivity contribution in [3.05, 3.63) is 0 Å². The van der Waals surface area contributed by atoms with Gasteiger partial charge < -0.3 is 14.2 Å². The summed E-state index contributed by atoms with van der Waals surface area (Å²) in [7, 11) is 7.29. The Hall–Kier alpha value is -0.135. The first kappa shape index (κ1) is 11.4. The van der Waals surface area contributed by atoms with Crippen molar-refractivity contribution in [3.63, 3.8) is 0 Å². The maximum atomic E-state index is 5.97. The van der Waals surface area contributed by atoms with E-state index in [1.807, 2.05) is 20.0 Å². The second-order valence-corrected chi connectivity index (χ2v) is 4.33. The predicted octanol–water partition coefficient (Wildman–Crippen LogP) is -1.38. The van der Waals surface area contributed by atoms with Crippen molar-refractivity contribution in [2.45, 2.75) is 23.8 Å². The third-order valence-electron chi connectivity index (χ3n) is 3.13. The van der Waals surface area contributed by atoms with Gasteiger partial charge in [-0.2, -0.15) is 5.06 Å².